The zero-order valence-corrected chi connectivity index (χ0v) is 17.4. The molecule has 1 N–H and O–H groups in total. The van der Waals surface area contributed by atoms with Gasteiger partial charge in [-0.2, -0.15) is 0 Å². The molecule has 2 aromatic carbocycles. The van der Waals surface area contributed by atoms with Crippen LogP contribution < -0.4 is 10.9 Å². The molecule has 7 nitrogen and oxygen atoms in total. The highest BCUT2D eigenvalue weighted by atomic mass is 32.2. The fraction of sp³-hybridized carbons (Fsp3) is 0.273. The van der Waals surface area contributed by atoms with Gasteiger partial charge in [0.15, 0.2) is 5.16 Å². The number of carbonyl (C=O) groups is 1. The SMILES string of the molecule is Cc1ccc(Cn2c(=O)c3ccccc3n3c(SCC(=O)NC4CC4)nnc23)cc1. The molecule has 5 rings (SSSR count). The average molecular weight is 420 g/mol. The smallest absolute Gasteiger partial charge is 0.263 e. The van der Waals surface area contributed by atoms with Crippen molar-refractivity contribution < 1.29 is 4.79 Å². The van der Waals surface area contributed by atoms with E-state index in [0.29, 0.717) is 28.9 Å². The maximum Gasteiger partial charge on any atom is 0.263 e. The molecular weight excluding hydrogens is 398 g/mol. The molecule has 1 saturated carbocycles. The Kier molecular flexibility index (Phi) is 4.78. The number of nitrogens with one attached hydrogen (secondary N) is 1. The molecule has 1 amide bonds. The van der Waals surface area contributed by atoms with Gasteiger partial charge in [0.2, 0.25) is 11.7 Å². The molecule has 1 aliphatic carbocycles. The second-order valence-corrected chi connectivity index (χ2v) is 8.58. The van der Waals surface area contributed by atoms with Crippen molar-refractivity contribution in [2.45, 2.75) is 37.5 Å². The molecule has 0 bridgehead atoms. The molecule has 0 atom stereocenters. The first kappa shape index (κ1) is 18.9. The Balaban J connectivity index is 1.58. The molecule has 152 valence electrons. The van der Waals surface area contributed by atoms with E-state index in [-0.39, 0.29) is 17.2 Å². The number of fused-ring (bicyclic) bond motifs is 3. The number of carbonyl (C=O) groups excluding carboxylic acids is 1. The van der Waals surface area contributed by atoms with Gasteiger partial charge in [0.1, 0.15) is 0 Å². The number of benzene rings is 2. The summed E-state index contributed by atoms with van der Waals surface area (Å²) < 4.78 is 3.52. The third kappa shape index (κ3) is 3.59. The standard InChI is InChI=1S/C22H21N5O2S/c1-14-6-8-15(9-7-14)12-26-20(29)17-4-2-3-5-18(17)27-21(26)24-25-22(27)30-13-19(28)23-16-10-11-16/h2-9,16H,10-13H2,1H3,(H,23,28). The highest BCUT2D eigenvalue weighted by Gasteiger charge is 2.24. The predicted molar refractivity (Wildman–Crippen MR) is 117 cm³/mol. The van der Waals surface area contributed by atoms with E-state index in [1.807, 2.05) is 59.9 Å². The first-order valence-electron chi connectivity index (χ1n) is 9.94. The summed E-state index contributed by atoms with van der Waals surface area (Å²) in [6.45, 7) is 2.43. The number of para-hydroxylation sites is 1. The summed E-state index contributed by atoms with van der Waals surface area (Å²) in [4.78, 5) is 25.4. The van der Waals surface area contributed by atoms with Crippen LogP contribution in [0.5, 0.6) is 0 Å². The van der Waals surface area contributed by atoms with Crippen LogP contribution in [0.3, 0.4) is 0 Å². The van der Waals surface area contributed by atoms with E-state index in [0.717, 1.165) is 23.9 Å². The Hall–Kier alpha value is -3.13. The topological polar surface area (TPSA) is 81.3 Å². The molecule has 1 aliphatic rings. The fourth-order valence-corrected chi connectivity index (χ4v) is 4.22. The normalized spacial score (nSPS) is 13.8. The van der Waals surface area contributed by atoms with E-state index >= 15 is 0 Å². The second kappa shape index (κ2) is 7.60. The van der Waals surface area contributed by atoms with Gasteiger partial charge in [0.05, 0.1) is 23.2 Å². The van der Waals surface area contributed by atoms with Gasteiger partial charge >= 0.3 is 0 Å². The van der Waals surface area contributed by atoms with Crippen LogP contribution in [-0.2, 0) is 11.3 Å². The summed E-state index contributed by atoms with van der Waals surface area (Å²) in [5.74, 6) is 0.740. The molecule has 0 aliphatic heterocycles. The lowest BCUT2D eigenvalue weighted by molar-refractivity contribution is -0.118. The molecule has 1 fully saturated rings. The van der Waals surface area contributed by atoms with Crippen LogP contribution in [0.1, 0.15) is 24.0 Å². The second-order valence-electron chi connectivity index (χ2n) is 7.64. The molecule has 2 aromatic heterocycles. The Bertz CT molecular complexity index is 1310. The van der Waals surface area contributed by atoms with Crippen molar-refractivity contribution in [1.82, 2.24) is 24.5 Å². The molecule has 30 heavy (non-hydrogen) atoms. The van der Waals surface area contributed by atoms with Gasteiger partial charge in [-0.1, -0.05) is 53.7 Å². The molecule has 8 heteroatoms. The number of aryl methyl sites for hydroxylation is 1. The van der Waals surface area contributed by atoms with Crippen molar-refractivity contribution >= 4 is 34.3 Å². The Labute approximate surface area is 177 Å². The van der Waals surface area contributed by atoms with Crippen molar-refractivity contribution in [3.8, 4) is 0 Å². The van der Waals surface area contributed by atoms with Crippen molar-refractivity contribution in [2.75, 3.05) is 5.75 Å². The molecule has 0 radical (unpaired) electrons. The van der Waals surface area contributed by atoms with E-state index in [4.69, 9.17) is 0 Å². The lowest BCUT2D eigenvalue weighted by Gasteiger charge is -2.11. The van der Waals surface area contributed by atoms with Crippen molar-refractivity contribution in [1.29, 1.82) is 0 Å². The number of rotatable bonds is 6. The quantitative estimate of drug-likeness (QED) is 0.486. The molecule has 4 aromatic rings. The zero-order valence-electron chi connectivity index (χ0n) is 16.5. The summed E-state index contributed by atoms with van der Waals surface area (Å²) in [5, 5.41) is 12.8. The molecular formula is C22H21N5O2S. The summed E-state index contributed by atoms with van der Waals surface area (Å²) >= 11 is 1.33. The highest BCUT2D eigenvalue weighted by molar-refractivity contribution is 7.99. The van der Waals surface area contributed by atoms with Crippen LogP contribution in [-0.4, -0.2) is 36.9 Å². The van der Waals surface area contributed by atoms with Crippen LogP contribution in [0.4, 0.5) is 0 Å². The van der Waals surface area contributed by atoms with Crippen LogP contribution in [0, 0.1) is 6.92 Å². The van der Waals surface area contributed by atoms with E-state index in [1.54, 1.807) is 4.57 Å². The van der Waals surface area contributed by atoms with Gasteiger partial charge in [-0.25, -0.2) is 0 Å². The fourth-order valence-electron chi connectivity index (χ4n) is 3.47. The Morgan fingerprint density at radius 1 is 1.13 bits per heavy atom. The van der Waals surface area contributed by atoms with Gasteiger partial charge in [-0.3, -0.25) is 18.6 Å². The van der Waals surface area contributed by atoms with Gasteiger partial charge in [0.25, 0.3) is 5.56 Å². The largest absolute Gasteiger partial charge is 0.353 e. The average Bonchev–Trinajstić information content (AvgIpc) is 3.46. The summed E-state index contributed by atoms with van der Waals surface area (Å²) in [6, 6.07) is 15.9. The molecule has 0 unspecified atom stereocenters. The lowest BCUT2D eigenvalue weighted by atomic mass is 10.1. The van der Waals surface area contributed by atoms with Crippen LogP contribution >= 0.6 is 11.8 Å². The zero-order chi connectivity index (χ0) is 20.7. The van der Waals surface area contributed by atoms with Crippen molar-refractivity contribution in [2.24, 2.45) is 0 Å². The van der Waals surface area contributed by atoms with E-state index in [1.165, 1.54) is 17.3 Å². The van der Waals surface area contributed by atoms with Gasteiger partial charge < -0.3 is 5.32 Å². The minimum atomic E-state index is -0.103. The van der Waals surface area contributed by atoms with Crippen molar-refractivity contribution in [3.05, 3.63) is 70.0 Å². The van der Waals surface area contributed by atoms with Crippen LogP contribution in [0.15, 0.2) is 58.5 Å². The van der Waals surface area contributed by atoms with Crippen LogP contribution in [0.2, 0.25) is 0 Å². The maximum absolute atomic E-state index is 13.2. The predicted octanol–water partition coefficient (Wildman–Crippen LogP) is 2.77. The highest BCUT2D eigenvalue weighted by Crippen LogP contribution is 2.23. The Morgan fingerprint density at radius 2 is 1.90 bits per heavy atom. The van der Waals surface area contributed by atoms with Crippen molar-refractivity contribution in [3.63, 3.8) is 0 Å². The maximum atomic E-state index is 13.2. The molecule has 0 spiro atoms. The Morgan fingerprint density at radius 3 is 2.67 bits per heavy atom. The van der Waals surface area contributed by atoms with Crippen LogP contribution in [0.25, 0.3) is 16.7 Å². The molecule has 0 saturated heterocycles. The number of hydrogen-bond donors (Lipinski definition) is 1. The first-order valence-corrected chi connectivity index (χ1v) is 10.9. The van der Waals surface area contributed by atoms with Gasteiger partial charge in [-0.05, 0) is 37.5 Å². The summed E-state index contributed by atoms with van der Waals surface area (Å²) in [7, 11) is 0. The number of hydrogen-bond acceptors (Lipinski definition) is 5. The van der Waals surface area contributed by atoms with E-state index < -0.39 is 0 Å². The summed E-state index contributed by atoms with van der Waals surface area (Å²) in [6.07, 6.45) is 2.11. The molecule has 2 heterocycles. The lowest BCUT2D eigenvalue weighted by Crippen LogP contribution is -2.27. The van der Waals surface area contributed by atoms with E-state index in [9.17, 15) is 9.59 Å². The minimum Gasteiger partial charge on any atom is -0.353 e. The number of thioether (sulfide) groups is 1. The first-order chi connectivity index (χ1) is 14.6. The van der Waals surface area contributed by atoms with Gasteiger partial charge in [-0.15, -0.1) is 10.2 Å². The number of amides is 1. The minimum absolute atomic E-state index is 0.00321. The monoisotopic (exact) mass is 419 g/mol. The van der Waals surface area contributed by atoms with Gasteiger partial charge in [0, 0.05) is 6.04 Å². The van der Waals surface area contributed by atoms with E-state index in [2.05, 4.69) is 15.5 Å². The number of aromatic nitrogens is 4. The third-order valence-electron chi connectivity index (χ3n) is 5.21. The third-order valence-corrected chi connectivity index (χ3v) is 6.14. The summed E-state index contributed by atoms with van der Waals surface area (Å²) in [5.41, 5.74) is 2.82. The number of nitrogens with zero attached hydrogens (tertiary/aromatic N) is 4.